The van der Waals surface area contributed by atoms with Crippen LogP contribution < -0.4 is 5.48 Å². The molecule has 1 amide bonds. The van der Waals surface area contributed by atoms with Gasteiger partial charge in [-0.25, -0.2) is 5.48 Å². The SMILES string of the molecule is Cc1[nH]c2ccccc2c1CCN1CCCC1c1ccc(C=CC(=O)NO)cc1. The Balaban J connectivity index is 1.44. The van der Waals surface area contributed by atoms with E-state index < -0.39 is 5.91 Å². The third-order valence-electron chi connectivity index (χ3n) is 5.90. The highest BCUT2D eigenvalue weighted by Gasteiger charge is 2.25. The first kappa shape index (κ1) is 19.4. The van der Waals surface area contributed by atoms with E-state index in [-0.39, 0.29) is 0 Å². The van der Waals surface area contributed by atoms with Gasteiger partial charge in [0.15, 0.2) is 0 Å². The molecule has 3 aromatic rings. The maximum atomic E-state index is 11.1. The minimum Gasteiger partial charge on any atom is -0.358 e. The van der Waals surface area contributed by atoms with Gasteiger partial charge in [-0.3, -0.25) is 14.9 Å². The fourth-order valence-electron chi connectivity index (χ4n) is 4.42. The Hall–Kier alpha value is -2.89. The number of likely N-dealkylation sites (tertiary alicyclic amines) is 1. The van der Waals surface area contributed by atoms with Gasteiger partial charge < -0.3 is 4.98 Å². The second-order valence-electron chi connectivity index (χ2n) is 7.69. The second kappa shape index (κ2) is 8.64. The number of nitrogens with one attached hydrogen (secondary N) is 2. The highest BCUT2D eigenvalue weighted by atomic mass is 16.5. The van der Waals surface area contributed by atoms with Crippen LogP contribution in [-0.2, 0) is 11.2 Å². The van der Waals surface area contributed by atoms with E-state index in [0.29, 0.717) is 6.04 Å². The molecule has 1 aromatic heterocycles. The number of hydrogen-bond acceptors (Lipinski definition) is 3. The Labute approximate surface area is 171 Å². The molecule has 4 rings (SSSR count). The van der Waals surface area contributed by atoms with Gasteiger partial charge in [0.25, 0.3) is 5.91 Å². The minimum absolute atomic E-state index is 0.444. The number of fused-ring (bicyclic) bond motifs is 1. The molecule has 0 radical (unpaired) electrons. The molecule has 5 heteroatoms. The highest BCUT2D eigenvalue weighted by Crippen LogP contribution is 2.33. The summed E-state index contributed by atoms with van der Waals surface area (Å²) in [7, 11) is 0. The standard InChI is InChI=1S/C24H27N3O2/c1-17-20(21-5-2-3-6-22(21)25-17)14-16-27-15-4-7-23(27)19-11-8-18(9-12-19)10-13-24(28)26-29/h2-3,5-6,8-13,23,25,29H,4,7,14-16H2,1H3,(H,26,28). The summed E-state index contributed by atoms with van der Waals surface area (Å²) in [5.74, 6) is -0.524. The normalized spacial score (nSPS) is 17.4. The van der Waals surface area contributed by atoms with E-state index >= 15 is 0 Å². The van der Waals surface area contributed by atoms with Crippen molar-refractivity contribution in [1.29, 1.82) is 0 Å². The van der Waals surface area contributed by atoms with Crippen molar-refractivity contribution in [2.75, 3.05) is 13.1 Å². The molecule has 1 unspecified atom stereocenters. The molecule has 1 aliphatic rings. The van der Waals surface area contributed by atoms with Gasteiger partial charge in [0.1, 0.15) is 0 Å². The molecule has 1 fully saturated rings. The summed E-state index contributed by atoms with van der Waals surface area (Å²) >= 11 is 0. The molecule has 150 valence electrons. The average molecular weight is 389 g/mol. The van der Waals surface area contributed by atoms with E-state index in [9.17, 15) is 4.79 Å². The first-order chi connectivity index (χ1) is 14.2. The van der Waals surface area contributed by atoms with Crippen LogP contribution in [0.2, 0.25) is 0 Å². The van der Waals surface area contributed by atoms with Crippen LogP contribution in [0.4, 0.5) is 0 Å². The number of aromatic nitrogens is 1. The van der Waals surface area contributed by atoms with Gasteiger partial charge in [-0.15, -0.1) is 0 Å². The number of carbonyl (C=O) groups is 1. The third kappa shape index (κ3) is 4.26. The van der Waals surface area contributed by atoms with Crippen LogP contribution in [0.3, 0.4) is 0 Å². The van der Waals surface area contributed by atoms with Crippen molar-refractivity contribution in [1.82, 2.24) is 15.4 Å². The van der Waals surface area contributed by atoms with E-state index in [1.165, 1.54) is 46.6 Å². The number of amides is 1. The Kier molecular flexibility index (Phi) is 5.79. The molecule has 1 saturated heterocycles. The molecule has 2 aromatic carbocycles. The fraction of sp³-hybridized carbons (Fsp3) is 0.292. The lowest BCUT2D eigenvalue weighted by atomic mass is 10.0. The van der Waals surface area contributed by atoms with Crippen LogP contribution in [0.25, 0.3) is 17.0 Å². The fourth-order valence-corrected chi connectivity index (χ4v) is 4.42. The van der Waals surface area contributed by atoms with Crippen LogP contribution in [0.15, 0.2) is 54.6 Å². The van der Waals surface area contributed by atoms with Crippen molar-refractivity contribution in [3.8, 4) is 0 Å². The molecule has 0 saturated carbocycles. The summed E-state index contributed by atoms with van der Waals surface area (Å²) in [5.41, 5.74) is 7.78. The monoisotopic (exact) mass is 389 g/mol. The average Bonchev–Trinajstić information content (AvgIpc) is 3.34. The predicted octanol–water partition coefficient (Wildman–Crippen LogP) is 4.37. The molecular formula is C24H27N3O2. The smallest absolute Gasteiger partial charge is 0.267 e. The number of rotatable bonds is 6. The highest BCUT2D eigenvalue weighted by molar-refractivity contribution is 5.90. The van der Waals surface area contributed by atoms with Crippen LogP contribution in [-0.4, -0.2) is 34.1 Å². The van der Waals surface area contributed by atoms with Gasteiger partial charge >= 0.3 is 0 Å². The maximum Gasteiger partial charge on any atom is 0.267 e. The van der Waals surface area contributed by atoms with E-state index in [2.05, 4.69) is 53.2 Å². The Bertz CT molecular complexity index is 1020. The van der Waals surface area contributed by atoms with Gasteiger partial charge in [0.2, 0.25) is 0 Å². The van der Waals surface area contributed by atoms with Crippen molar-refractivity contribution in [3.63, 3.8) is 0 Å². The Morgan fingerprint density at radius 1 is 1.24 bits per heavy atom. The molecule has 29 heavy (non-hydrogen) atoms. The lowest BCUT2D eigenvalue weighted by Gasteiger charge is -2.25. The second-order valence-corrected chi connectivity index (χ2v) is 7.69. The zero-order valence-corrected chi connectivity index (χ0v) is 16.7. The van der Waals surface area contributed by atoms with Crippen LogP contribution in [0, 0.1) is 6.92 Å². The first-order valence-corrected chi connectivity index (χ1v) is 10.2. The van der Waals surface area contributed by atoms with Crippen molar-refractivity contribution in [3.05, 3.63) is 77.0 Å². The minimum atomic E-state index is -0.524. The summed E-state index contributed by atoms with van der Waals surface area (Å²) in [6.45, 7) is 4.34. The molecule has 1 aliphatic heterocycles. The molecule has 0 bridgehead atoms. The zero-order valence-electron chi connectivity index (χ0n) is 16.7. The number of aryl methyl sites for hydroxylation is 1. The van der Waals surface area contributed by atoms with E-state index in [4.69, 9.17) is 5.21 Å². The van der Waals surface area contributed by atoms with Crippen LogP contribution in [0.5, 0.6) is 0 Å². The maximum absolute atomic E-state index is 11.1. The molecule has 2 heterocycles. The number of hydroxylamine groups is 1. The van der Waals surface area contributed by atoms with E-state index in [1.54, 1.807) is 11.6 Å². The first-order valence-electron chi connectivity index (χ1n) is 10.2. The predicted molar refractivity (Wildman–Crippen MR) is 116 cm³/mol. The lowest BCUT2D eigenvalue weighted by molar-refractivity contribution is -0.124. The molecule has 3 N–H and O–H groups in total. The van der Waals surface area contributed by atoms with Gasteiger partial charge in [-0.2, -0.15) is 0 Å². The molecule has 0 aliphatic carbocycles. The summed E-state index contributed by atoms with van der Waals surface area (Å²) in [4.78, 5) is 17.2. The van der Waals surface area contributed by atoms with Gasteiger partial charge in [-0.05, 0) is 61.6 Å². The number of carbonyl (C=O) groups excluding carboxylic acids is 1. The molecule has 5 nitrogen and oxygen atoms in total. The summed E-state index contributed by atoms with van der Waals surface area (Å²) in [5, 5.41) is 9.90. The van der Waals surface area contributed by atoms with E-state index in [1.807, 2.05) is 12.1 Å². The Morgan fingerprint density at radius 2 is 2.03 bits per heavy atom. The summed E-state index contributed by atoms with van der Waals surface area (Å²) in [6, 6.07) is 17.3. The van der Waals surface area contributed by atoms with Gasteiger partial charge in [-0.1, -0.05) is 42.5 Å². The van der Waals surface area contributed by atoms with E-state index in [0.717, 1.165) is 25.1 Å². The lowest BCUT2D eigenvalue weighted by Crippen LogP contribution is -2.25. The van der Waals surface area contributed by atoms with Crippen LogP contribution >= 0.6 is 0 Å². The third-order valence-corrected chi connectivity index (χ3v) is 5.90. The number of H-pyrrole nitrogens is 1. The number of aromatic amines is 1. The van der Waals surface area contributed by atoms with Crippen molar-refractivity contribution in [2.24, 2.45) is 0 Å². The summed E-state index contributed by atoms with van der Waals surface area (Å²) < 4.78 is 0. The number of para-hydroxylation sites is 1. The van der Waals surface area contributed by atoms with Gasteiger partial charge in [0, 0.05) is 35.3 Å². The quantitative estimate of drug-likeness (QED) is 0.333. The topological polar surface area (TPSA) is 68.4 Å². The van der Waals surface area contributed by atoms with Crippen molar-refractivity contribution >= 4 is 22.9 Å². The largest absolute Gasteiger partial charge is 0.358 e. The van der Waals surface area contributed by atoms with Gasteiger partial charge in [0.05, 0.1) is 0 Å². The van der Waals surface area contributed by atoms with Crippen molar-refractivity contribution < 1.29 is 10.0 Å². The van der Waals surface area contributed by atoms with Crippen LogP contribution in [0.1, 0.15) is 41.3 Å². The Morgan fingerprint density at radius 3 is 2.83 bits per heavy atom. The van der Waals surface area contributed by atoms with Crippen molar-refractivity contribution in [2.45, 2.75) is 32.2 Å². The number of nitrogens with zero attached hydrogens (tertiary/aromatic N) is 1. The molecule has 0 spiro atoms. The number of benzene rings is 2. The molecular weight excluding hydrogens is 362 g/mol. The summed E-state index contributed by atoms with van der Waals surface area (Å²) in [6.07, 6.45) is 6.45. The molecule has 1 atom stereocenters. The number of hydrogen-bond donors (Lipinski definition) is 3. The zero-order chi connectivity index (χ0) is 20.2.